The highest BCUT2D eigenvalue weighted by Crippen LogP contribution is 2.39. The summed E-state index contributed by atoms with van der Waals surface area (Å²) in [5, 5.41) is 2.87. The van der Waals surface area contributed by atoms with E-state index in [-0.39, 0.29) is 11.9 Å². The van der Waals surface area contributed by atoms with Crippen LogP contribution in [0.4, 0.5) is 23.7 Å². The smallest absolute Gasteiger partial charge is 0.381 e. The fourth-order valence-electron chi connectivity index (χ4n) is 4.68. The monoisotopic (exact) mass is 475 g/mol. The van der Waals surface area contributed by atoms with Gasteiger partial charge in [-0.1, -0.05) is 30.3 Å². The standard InChI is InChI=1S/C25H28F3N3O3/c1-18-4-2-7-21(16-18)29-23(33)31-12-10-30(11-13-31)22(32)24(8-14-34-15-9-24)19-5-3-6-20(17-19)25(26,27)28/h2-7,16-17H,8-15H2,1H3,(H,29,33). The van der Waals surface area contributed by atoms with Crippen LogP contribution in [0.25, 0.3) is 0 Å². The number of piperazine rings is 1. The quantitative estimate of drug-likeness (QED) is 0.714. The lowest BCUT2D eigenvalue weighted by Gasteiger charge is -2.43. The van der Waals surface area contributed by atoms with Crippen LogP contribution in [0.15, 0.2) is 48.5 Å². The number of alkyl halides is 3. The van der Waals surface area contributed by atoms with Crippen molar-refractivity contribution >= 4 is 17.6 Å². The van der Waals surface area contributed by atoms with Gasteiger partial charge in [-0.3, -0.25) is 4.79 Å². The number of aryl methyl sites for hydroxylation is 1. The molecule has 0 saturated carbocycles. The fraction of sp³-hybridized carbons (Fsp3) is 0.440. The van der Waals surface area contributed by atoms with E-state index in [0.29, 0.717) is 63.5 Å². The molecule has 0 unspecified atom stereocenters. The third-order valence-electron chi connectivity index (χ3n) is 6.62. The number of anilines is 1. The lowest BCUT2D eigenvalue weighted by atomic mass is 9.72. The van der Waals surface area contributed by atoms with E-state index in [9.17, 15) is 22.8 Å². The summed E-state index contributed by atoms with van der Waals surface area (Å²) in [4.78, 5) is 29.7. The maximum Gasteiger partial charge on any atom is 0.416 e. The van der Waals surface area contributed by atoms with E-state index in [1.807, 2.05) is 31.2 Å². The zero-order valence-electron chi connectivity index (χ0n) is 19.0. The molecule has 0 spiro atoms. The van der Waals surface area contributed by atoms with Gasteiger partial charge >= 0.3 is 12.2 Å². The number of urea groups is 1. The van der Waals surface area contributed by atoms with Gasteiger partial charge in [-0.15, -0.1) is 0 Å². The molecule has 6 nitrogen and oxygen atoms in total. The summed E-state index contributed by atoms with van der Waals surface area (Å²) in [6.07, 6.45) is -3.84. The number of hydrogen-bond acceptors (Lipinski definition) is 3. The number of carbonyl (C=O) groups is 2. The van der Waals surface area contributed by atoms with Crippen LogP contribution >= 0.6 is 0 Å². The van der Waals surface area contributed by atoms with E-state index < -0.39 is 17.2 Å². The molecule has 2 fully saturated rings. The molecule has 0 radical (unpaired) electrons. The maximum absolute atomic E-state index is 13.7. The Bertz CT molecular complexity index is 1040. The normalized spacial score (nSPS) is 18.5. The topological polar surface area (TPSA) is 61.9 Å². The highest BCUT2D eigenvalue weighted by molar-refractivity contribution is 5.91. The van der Waals surface area contributed by atoms with Crippen molar-refractivity contribution in [2.45, 2.75) is 31.4 Å². The van der Waals surface area contributed by atoms with Crippen molar-refractivity contribution < 1.29 is 27.5 Å². The number of carbonyl (C=O) groups excluding carboxylic acids is 2. The third kappa shape index (κ3) is 5.04. The van der Waals surface area contributed by atoms with Crippen LogP contribution in [0.2, 0.25) is 0 Å². The molecule has 2 aromatic rings. The van der Waals surface area contributed by atoms with Crippen molar-refractivity contribution in [1.29, 1.82) is 0 Å². The number of ether oxygens (including phenoxy) is 1. The van der Waals surface area contributed by atoms with Gasteiger partial charge in [-0.2, -0.15) is 13.2 Å². The van der Waals surface area contributed by atoms with Gasteiger partial charge < -0.3 is 19.9 Å². The minimum absolute atomic E-state index is 0.200. The predicted octanol–water partition coefficient (Wildman–Crippen LogP) is 4.44. The van der Waals surface area contributed by atoms with Crippen molar-refractivity contribution in [3.05, 3.63) is 65.2 Å². The second-order valence-electron chi connectivity index (χ2n) is 8.85. The number of halogens is 3. The first kappa shape index (κ1) is 24.1. The van der Waals surface area contributed by atoms with Crippen LogP contribution in [0.5, 0.6) is 0 Å². The van der Waals surface area contributed by atoms with Gasteiger partial charge in [-0.25, -0.2) is 4.79 Å². The van der Waals surface area contributed by atoms with Crippen LogP contribution in [0.1, 0.15) is 29.5 Å². The summed E-state index contributed by atoms with van der Waals surface area (Å²) >= 11 is 0. The lowest BCUT2D eigenvalue weighted by molar-refractivity contribution is -0.143. The van der Waals surface area contributed by atoms with Crippen molar-refractivity contribution in [1.82, 2.24) is 9.80 Å². The predicted molar refractivity (Wildman–Crippen MR) is 122 cm³/mol. The van der Waals surface area contributed by atoms with E-state index in [0.717, 1.165) is 17.7 Å². The van der Waals surface area contributed by atoms with Crippen LogP contribution < -0.4 is 5.32 Å². The molecule has 0 atom stereocenters. The number of rotatable bonds is 3. The van der Waals surface area contributed by atoms with Gasteiger partial charge in [0.15, 0.2) is 0 Å². The van der Waals surface area contributed by atoms with Crippen LogP contribution in [0.3, 0.4) is 0 Å². The average molecular weight is 476 g/mol. The van der Waals surface area contributed by atoms with E-state index in [4.69, 9.17) is 4.74 Å². The second-order valence-corrected chi connectivity index (χ2v) is 8.85. The summed E-state index contributed by atoms with van der Waals surface area (Å²) in [6.45, 7) is 3.89. The number of nitrogens with one attached hydrogen (secondary N) is 1. The Morgan fingerprint density at radius 2 is 1.59 bits per heavy atom. The summed E-state index contributed by atoms with van der Waals surface area (Å²) in [6, 6.07) is 12.3. The molecule has 2 aromatic carbocycles. The van der Waals surface area contributed by atoms with Crippen molar-refractivity contribution in [3.63, 3.8) is 0 Å². The van der Waals surface area contributed by atoms with E-state index in [2.05, 4.69) is 5.32 Å². The van der Waals surface area contributed by atoms with E-state index >= 15 is 0 Å². The Labute approximate surface area is 196 Å². The van der Waals surface area contributed by atoms with Gasteiger partial charge in [0.05, 0.1) is 11.0 Å². The molecule has 0 aromatic heterocycles. The van der Waals surface area contributed by atoms with Gasteiger partial charge in [-0.05, 0) is 49.1 Å². The molecule has 34 heavy (non-hydrogen) atoms. The SMILES string of the molecule is Cc1cccc(NC(=O)N2CCN(C(=O)C3(c4cccc(C(F)(F)F)c4)CCOCC3)CC2)c1. The molecular weight excluding hydrogens is 447 g/mol. The molecule has 0 aliphatic carbocycles. The largest absolute Gasteiger partial charge is 0.416 e. The number of benzene rings is 2. The Hall–Kier alpha value is -3.07. The Balaban J connectivity index is 1.47. The van der Waals surface area contributed by atoms with Gasteiger partial charge in [0.1, 0.15) is 0 Å². The molecule has 9 heteroatoms. The molecule has 2 aliphatic rings. The summed E-state index contributed by atoms with van der Waals surface area (Å²) in [5.74, 6) is -0.200. The molecule has 4 rings (SSSR count). The number of nitrogens with zero attached hydrogens (tertiary/aromatic N) is 2. The highest BCUT2D eigenvalue weighted by Gasteiger charge is 2.45. The fourth-order valence-corrected chi connectivity index (χ4v) is 4.68. The Morgan fingerprint density at radius 1 is 0.941 bits per heavy atom. The Kier molecular flexibility index (Phi) is 6.84. The van der Waals surface area contributed by atoms with Gasteiger partial charge in [0.2, 0.25) is 5.91 Å². The molecule has 1 N–H and O–H groups in total. The number of amides is 3. The minimum atomic E-state index is -4.48. The van der Waals surface area contributed by atoms with E-state index in [1.165, 1.54) is 6.07 Å². The molecule has 2 aliphatic heterocycles. The van der Waals surface area contributed by atoms with Crippen LogP contribution in [-0.4, -0.2) is 61.1 Å². The molecule has 182 valence electrons. The first-order valence-electron chi connectivity index (χ1n) is 11.4. The lowest BCUT2D eigenvalue weighted by Crippen LogP contribution is -2.57. The zero-order valence-corrected chi connectivity index (χ0v) is 19.0. The van der Waals surface area contributed by atoms with Gasteiger partial charge in [0.25, 0.3) is 0 Å². The summed E-state index contributed by atoms with van der Waals surface area (Å²) in [5.41, 5.74) is 0.279. The maximum atomic E-state index is 13.7. The first-order valence-corrected chi connectivity index (χ1v) is 11.4. The third-order valence-corrected chi connectivity index (χ3v) is 6.62. The van der Waals surface area contributed by atoms with Crippen molar-refractivity contribution in [3.8, 4) is 0 Å². The molecular formula is C25H28F3N3O3. The zero-order chi connectivity index (χ0) is 24.3. The minimum Gasteiger partial charge on any atom is -0.381 e. The second kappa shape index (κ2) is 9.66. The van der Waals surface area contributed by atoms with Crippen LogP contribution in [0, 0.1) is 6.92 Å². The molecule has 2 heterocycles. The molecule has 0 bridgehead atoms. The van der Waals surface area contributed by atoms with Crippen LogP contribution in [-0.2, 0) is 21.1 Å². The summed E-state index contributed by atoms with van der Waals surface area (Å²) in [7, 11) is 0. The number of hydrogen-bond donors (Lipinski definition) is 1. The van der Waals surface area contributed by atoms with Crippen molar-refractivity contribution in [2.24, 2.45) is 0 Å². The molecule has 3 amide bonds. The molecule has 2 saturated heterocycles. The highest BCUT2D eigenvalue weighted by atomic mass is 19.4. The van der Waals surface area contributed by atoms with Crippen molar-refractivity contribution in [2.75, 3.05) is 44.7 Å². The first-order chi connectivity index (χ1) is 16.2. The Morgan fingerprint density at radius 3 is 2.24 bits per heavy atom. The van der Waals surface area contributed by atoms with E-state index in [1.54, 1.807) is 15.9 Å². The van der Waals surface area contributed by atoms with Gasteiger partial charge in [0, 0.05) is 45.1 Å². The average Bonchev–Trinajstić information content (AvgIpc) is 2.83. The summed E-state index contributed by atoms with van der Waals surface area (Å²) < 4.78 is 45.5.